The molecule has 31 heavy (non-hydrogen) atoms. The number of rotatable bonds is 6. The van der Waals surface area contributed by atoms with Gasteiger partial charge in [0.15, 0.2) is 0 Å². The van der Waals surface area contributed by atoms with Crippen molar-refractivity contribution in [3.05, 3.63) is 54.4 Å². The number of anilines is 2. The summed E-state index contributed by atoms with van der Waals surface area (Å²) in [5.74, 6) is 1.30. The molecule has 2 heterocycles. The average molecular weight is 421 g/mol. The molecule has 162 valence electrons. The van der Waals surface area contributed by atoms with Crippen molar-refractivity contribution in [2.24, 2.45) is 11.7 Å². The second kappa shape index (κ2) is 9.28. The zero-order valence-corrected chi connectivity index (χ0v) is 17.8. The Labute approximate surface area is 181 Å². The fraction of sp³-hybridized carbons (Fsp3) is 0.348. The molecular weight excluding hydrogens is 392 g/mol. The maximum absolute atomic E-state index is 12.2. The molecule has 2 atom stereocenters. The van der Waals surface area contributed by atoms with Crippen molar-refractivity contribution in [2.45, 2.75) is 19.0 Å². The molecule has 8 nitrogen and oxygen atoms in total. The van der Waals surface area contributed by atoms with Crippen LogP contribution < -0.4 is 21.1 Å². The number of likely N-dealkylation sites (tertiary alicyclic amines) is 1. The Bertz CT molecular complexity index is 1070. The highest BCUT2D eigenvalue weighted by Crippen LogP contribution is 2.29. The van der Waals surface area contributed by atoms with Crippen molar-refractivity contribution in [1.82, 2.24) is 20.2 Å². The molecule has 0 unspecified atom stereocenters. The molecule has 8 heteroatoms. The lowest BCUT2D eigenvalue weighted by molar-refractivity contribution is -0.126. The Morgan fingerprint density at radius 2 is 2.10 bits per heavy atom. The number of aromatic nitrogens is 2. The van der Waals surface area contributed by atoms with Gasteiger partial charge in [0.1, 0.15) is 17.9 Å². The highest BCUT2D eigenvalue weighted by molar-refractivity contribution is 5.93. The van der Waals surface area contributed by atoms with Crippen LogP contribution in [0, 0.1) is 5.92 Å². The fourth-order valence-electron chi connectivity index (χ4n) is 4.13. The molecule has 3 aromatic rings. The molecule has 2 aromatic carbocycles. The molecule has 1 amide bonds. The van der Waals surface area contributed by atoms with E-state index in [-0.39, 0.29) is 17.9 Å². The number of nitrogens with one attached hydrogen (secondary N) is 2. The number of nitrogens with two attached hydrogens (primary N) is 1. The molecule has 4 rings (SSSR count). The van der Waals surface area contributed by atoms with Gasteiger partial charge >= 0.3 is 0 Å². The van der Waals surface area contributed by atoms with Crippen LogP contribution in [-0.2, 0) is 11.3 Å². The second-order valence-corrected chi connectivity index (χ2v) is 7.80. The SMILES string of the molecule is CNC(=O)[C@@H]1CN(Cc2cccc3ncnc(Nc4cccc(OC)c4)c23)CC[C@H]1N. The van der Waals surface area contributed by atoms with Crippen LogP contribution >= 0.6 is 0 Å². The third-order valence-electron chi connectivity index (χ3n) is 5.81. The first kappa shape index (κ1) is 21.0. The summed E-state index contributed by atoms with van der Waals surface area (Å²) in [6.07, 6.45) is 2.35. The van der Waals surface area contributed by atoms with E-state index in [4.69, 9.17) is 10.5 Å². The van der Waals surface area contributed by atoms with Crippen molar-refractivity contribution in [1.29, 1.82) is 0 Å². The number of piperidine rings is 1. The second-order valence-electron chi connectivity index (χ2n) is 7.80. The van der Waals surface area contributed by atoms with Gasteiger partial charge in [-0.3, -0.25) is 9.69 Å². The maximum atomic E-state index is 12.2. The third kappa shape index (κ3) is 4.60. The first-order valence-electron chi connectivity index (χ1n) is 10.4. The monoisotopic (exact) mass is 420 g/mol. The molecule has 1 aromatic heterocycles. The Balaban J connectivity index is 1.63. The van der Waals surface area contributed by atoms with E-state index in [0.717, 1.165) is 46.7 Å². The summed E-state index contributed by atoms with van der Waals surface area (Å²) in [7, 11) is 3.31. The average Bonchev–Trinajstić information content (AvgIpc) is 2.80. The van der Waals surface area contributed by atoms with Gasteiger partial charge in [-0.2, -0.15) is 0 Å². The summed E-state index contributed by atoms with van der Waals surface area (Å²) in [5, 5.41) is 7.12. The molecule has 0 bridgehead atoms. The molecule has 4 N–H and O–H groups in total. The summed E-state index contributed by atoms with van der Waals surface area (Å²) in [5.41, 5.74) is 9.07. The van der Waals surface area contributed by atoms with E-state index in [1.54, 1.807) is 20.5 Å². The van der Waals surface area contributed by atoms with E-state index >= 15 is 0 Å². The van der Waals surface area contributed by atoms with Gasteiger partial charge in [-0.05, 0) is 30.2 Å². The minimum absolute atomic E-state index is 0.00108. The van der Waals surface area contributed by atoms with Crippen LogP contribution in [-0.4, -0.2) is 54.1 Å². The number of methoxy groups -OCH3 is 1. The molecule has 1 saturated heterocycles. The van der Waals surface area contributed by atoms with Gasteiger partial charge in [-0.15, -0.1) is 0 Å². The first-order valence-corrected chi connectivity index (χ1v) is 10.4. The van der Waals surface area contributed by atoms with E-state index < -0.39 is 0 Å². The lowest BCUT2D eigenvalue weighted by atomic mass is 9.91. The molecule has 0 radical (unpaired) electrons. The Kier molecular flexibility index (Phi) is 6.29. The number of amides is 1. The number of hydrogen-bond acceptors (Lipinski definition) is 7. The third-order valence-corrected chi connectivity index (χ3v) is 5.81. The van der Waals surface area contributed by atoms with Crippen molar-refractivity contribution in [2.75, 3.05) is 32.6 Å². The molecule has 0 saturated carbocycles. The van der Waals surface area contributed by atoms with Crippen molar-refractivity contribution in [3.63, 3.8) is 0 Å². The molecule has 0 spiro atoms. The topological polar surface area (TPSA) is 105 Å². The van der Waals surface area contributed by atoms with Crippen LogP contribution in [0.5, 0.6) is 5.75 Å². The van der Waals surface area contributed by atoms with Gasteiger partial charge in [-0.1, -0.05) is 18.2 Å². The van der Waals surface area contributed by atoms with Gasteiger partial charge in [0.25, 0.3) is 0 Å². The van der Waals surface area contributed by atoms with Gasteiger partial charge in [0.05, 0.1) is 18.5 Å². The first-order chi connectivity index (χ1) is 15.1. The minimum atomic E-state index is -0.209. The highest BCUT2D eigenvalue weighted by atomic mass is 16.5. The van der Waals surface area contributed by atoms with E-state index in [1.807, 2.05) is 36.4 Å². The maximum Gasteiger partial charge on any atom is 0.225 e. The normalized spacial score (nSPS) is 19.2. The van der Waals surface area contributed by atoms with Crippen LogP contribution in [0.2, 0.25) is 0 Å². The summed E-state index contributed by atoms with van der Waals surface area (Å²) in [4.78, 5) is 23.5. The van der Waals surface area contributed by atoms with Gasteiger partial charge in [-0.25, -0.2) is 9.97 Å². The summed E-state index contributed by atoms with van der Waals surface area (Å²) in [6.45, 7) is 2.17. The number of carbonyl (C=O) groups is 1. The van der Waals surface area contributed by atoms with Crippen LogP contribution in [0.4, 0.5) is 11.5 Å². The number of nitrogens with zero attached hydrogens (tertiary/aromatic N) is 3. The van der Waals surface area contributed by atoms with E-state index in [0.29, 0.717) is 13.1 Å². The van der Waals surface area contributed by atoms with Gasteiger partial charge in [0.2, 0.25) is 5.91 Å². The summed E-state index contributed by atoms with van der Waals surface area (Å²) < 4.78 is 5.33. The van der Waals surface area contributed by atoms with E-state index in [1.165, 1.54) is 0 Å². The van der Waals surface area contributed by atoms with Gasteiger partial charge < -0.3 is 21.1 Å². The standard InChI is InChI=1S/C23H28N6O2/c1-25-23(30)18-13-29(10-9-19(18)24)12-15-5-3-8-20-21(15)22(27-14-26-20)28-16-6-4-7-17(11-16)31-2/h3-8,11,14,18-19H,9-10,12-13,24H2,1-2H3,(H,25,30)(H,26,27,28)/t18-,19-/m1/s1. The summed E-state index contributed by atoms with van der Waals surface area (Å²) >= 11 is 0. The molecule has 1 aliphatic rings. The van der Waals surface area contributed by atoms with Crippen LogP contribution in [0.25, 0.3) is 10.9 Å². The number of hydrogen-bond donors (Lipinski definition) is 3. The lowest BCUT2D eigenvalue weighted by Crippen LogP contribution is -2.52. The van der Waals surface area contributed by atoms with E-state index in [2.05, 4.69) is 31.6 Å². The molecule has 1 aliphatic heterocycles. The predicted molar refractivity (Wildman–Crippen MR) is 121 cm³/mol. The summed E-state index contributed by atoms with van der Waals surface area (Å²) in [6, 6.07) is 13.7. The largest absolute Gasteiger partial charge is 0.497 e. The minimum Gasteiger partial charge on any atom is -0.497 e. The molecule has 0 aliphatic carbocycles. The predicted octanol–water partition coefficient (Wildman–Crippen LogP) is 2.28. The van der Waals surface area contributed by atoms with Crippen LogP contribution in [0.15, 0.2) is 48.8 Å². The number of carbonyl (C=O) groups excluding carboxylic acids is 1. The van der Waals surface area contributed by atoms with Gasteiger partial charge in [0, 0.05) is 49.9 Å². The fourth-order valence-corrected chi connectivity index (χ4v) is 4.13. The molecular formula is C23H28N6O2. The van der Waals surface area contributed by atoms with Crippen LogP contribution in [0.3, 0.4) is 0 Å². The number of ether oxygens (including phenoxy) is 1. The molecule has 1 fully saturated rings. The lowest BCUT2D eigenvalue weighted by Gasteiger charge is -2.36. The zero-order chi connectivity index (χ0) is 21.8. The number of fused-ring (bicyclic) bond motifs is 1. The smallest absolute Gasteiger partial charge is 0.225 e. The Hall–Kier alpha value is -3.23. The highest BCUT2D eigenvalue weighted by Gasteiger charge is 2.31. The number of benzene rings is 2. The Morgan fingerprint density at radius 1 is 1.26 bits per heavy atom. The van der Waals surface area contributed by atoms with Crippen molar-refractivity contribution >= 4 is 28.3 Å². The Morgan fingerprint density at radius 3 is 2.90 bits per heavy atom. The van der Waals surface area contributed by atoms with E-state index in [9.17, 15) is 4.79 Å². The quantitative estimate of drug-likeness (QED) is 0.562. The van der Waals surface area contributed by atoms with Crippen molar-refractivity contribution < 1.29 is 9.53 Å². The zero-order valence-electron chi connectivity index (χ0n) is 17.8. The van der Waals surface area contributed by atoms with Crippen LogP contribution in [0.1, 0.15) is 12.0 Å². The van der Waals surface area contributed by atoms with Crippen molar-refractivity contribution in [3.8, 4) is 5.75 Å².